The lowest BCUT2D eigenvalue weighted by molar-refractivity contribution is -0.128. The maximum absolute atomic E-state index is 5.14. The maximum atomic E-state index is 5.14. The smallest absolute Gasteiger partial charge is 0.0707 e. The number of rotatable bonds is 3. The number of hydrogen-bond acceptors (Lipinski definition) is 2. The molecule has 0 unspecified atom stereocenters. The van der Waals surface area contributed by atoms with Crippen LogP contribution in [0.3, 0.4) is 0 Å². The Bertz CT molecular complexity index is 44.5. The molecule has 2 nitrogen and oxygen atoms in total. The Labute approximate surface area is 51.4 Å². The largest absolute Gasteiger partial charge is 0.299 e. The summed E-state index contributed by atoms with van der Waals surface area (Å²) in [5, 5.41) is 1.72. The van der Waals surface area contributed by atoms with Gasteiger partial charge in [0.1, 0.15) is 0 Å². The van der Waals surface area contributed by atoms with Gasteiger partial charge in [0.05, 0.1) is 6.61 Å². The summed E-state index contributed by atoms with van der Waals surface area (Å²) in [5.41, 5.74) is 0. The van der Waals surface area contributed by atoms with Crippen LogP contribution in [-0.4, -0.2) is 25.8 Å². The lowest BCUT2D eigenvalue weighted by Gasteiger charge is -2.11. The van der Waals surface area contributed by atoms with Gasteiger partial charge in [0.25, 0.3) is 0 Å². The van der Waals surface area contributed by atoms with Crippen molar-refractivity contribution in [2.75, 3.05) is 20.7 Å². The van der Waals surface area contributed by atoms with Crippen molar-refractivity contribution < 1.29 is 4.84 Å². The maximum Gasteiger partial charge on any atom is 0.0707 e. The van der Waals surface area contributed by atoms with Crippen LogP contribution in [0.2, 0.25) is 0 Å². The molecule has 0 bridgehead atoms. The molecule has 0 spiro atoms. The van der Waals surface area contributed by atoms with Gasteiger partial charge in [0, 0.05) is 14.1 Å². The van der Waals surface area contributed by atoms with Crippen LogP contribution < -0.4 is 0 Å². The van der Waals surface area contributed by atoms with Gasteiger partial charge < -0.3 is 0 Å². The van der Waals surface area contributed by atoms with E-state index in [0.717, 1.165) is 6.61 Å². The highest BCUT2D eigenvalue weighted by Gasteiger charge is 1.93. The Kier molecular flexibility index (Phi) is 3.83. The van der Waals surface area contributed by atoms with E-state index in [2.05, 4.69) is 13.8 Å². The average Bonchev–Trinajstić information content (AvgIpc) is 1.61. The molecule has 0 aromatic rings. The van der Waals surface area contributed by atoms with Gasteiger partial charge >= 0.3 is 0 Å². The highest BCUT2D eigenvalue weighted by molar-refractivity contribution is 4.35. The molecule has 0 N–H and O–H groups in total. The molecule has 0 aliphatic heterocycles. The standard InChI is InChI=1S/C6H15NO/c1-6(2)5-8-7(3)4/h6H,5H2,1-4H3. The zero-order valence-corrected chi connectivity index (χ0v) is 6.14. The second-order valence-corrected chi connectivity index (χ2v) is 2.50. The van der Waals surface area contributed by atoms with Gasteiger partial charge in [-0.1, -0.05) is 13.8 Å². The minimum absolute atomic E-state index is 0.623. The van der Waals surface area contributed by atoms with E-state index in [1.807, 2.05) is 14.1 Å². The highest BCUT2D eigenvalue weighted by Crippen LogP contribution is 1.92. The third-order valence-corrected chi connectivity index (χ3v) is 0.666. The topological polar surface area (TPSA) is 12.5 Å². The van der Waals surface area contributed by atoms with Gasteiger partial charge in [0.2, 0.25) is 0 Å². The van der Waals surface area contributed by atoms with Crippen molar-refractivity contribution in [3.8, 4) is 0 Å². The minimum atomic E-state index is 0.623. The molecule has 50 valence electrons. The summed E-state index contributed by atoms with van der Waals surface area (Å²) in [5.74, 6) is 0.623. The first-order chi connectivity index (χ1) is 3.63. The van der Waals surface area contributed by atoms with Crippen molar-refractivity contribution in [1.82, 2.24) is 5.06 Å². The van der Waals surface area contributed by atoms with Gasteiger partial charge in [-0.15, -0.1) is 0 Å². The van der Waals surface area contributed by atoms with E-state index >= 15 is 0 Å². The summed E-state index contributed by atoms with van der Waals surface area (Å²) in [6.07, 6.45) is 0. The van der Waals surface area contributed by atoms with Gasteiger partial charge in [-0.25, -0.2) is 0 Å². The predicted octanol–water partition coefficient (Wildman–Crippen LogP) is 1.14. The van der Waals surface area contributed by atoms with Crippen molar-refractivity contribution in [2.24, 2.45) is 5.92 Å². The normalized spacial score (nSPS) is 11.2. The van der Waals surface area contributed by atoms with E-state index in [-0.39, 0.29) is 0 Å². The van der Waals surface area contributed by atoms with Crippen molar-refractivity contribution in [3.63, 3.8) is 0 Å². The van der Waals surface area contributed by atoms with Crippen molar-refractivity contribution in [3.05, 3.63) is 0 Å². The van der Waals surface area contributed by atoms with Gasteiger partial charge in [-0.05, 0) is 5.92 Å². The van der Waals surface area contributed by atoms with E-state index in [1.54, 1.807) is 5.06 Å². The lowest BCUT2D eigenvalue weighted by atomic mass is 10.2. The lowest BCUT2D eigenvalue weighted by Crippen LogP contribution is -2.15. The van der Waals surface area contributed by atoms with Crippen LogP contribution in [0.5, 0.6) is 0 Å². The third-order valence-electron chi connectivity index (χ3n) is 0.666. The number of nitrogens with zero attached hydrogens (tertiary/aromatic N) is 1. The molecule has 0 aliphatic carbocycles. The van der Waals surface area contributed by atoms with Gasteiger partial charge in [-0.2, -0.15) is 5.06 Å². The molecular formula is C6H15NO. The van der Waals surface area contributed by atoms with Crippen molar-refractivity contribution >= 4 is 0 Å². The second-order valence-electron chi connectivity index (χ2n) is 2.50. The Balaban J connectivity index is 2.93. The van der Waals surface area contributed by atoms with Crippen LogP contribution in [0.25, 0.3) is 0 Å². The van der Waals surface area contributed by atoms with Crippen LogP contribution >= 0.6 is 0 Å². The molecule has 0 atom stereocenters. The summed E-state index contributed by atoms with van der Waals surface area (Å²) in [6, 6.07) is 0. The molecule has 0 amide bonds. The van der Waals surface area contributed by atoms with Crippen LogP contribution in [0.4, 0.5) is 0 Å². The quantitative estimate of drug-likeness (QED) is 0.514. The van der Waals surface area contributed by atoms with Crippen LogP contribution in [0, 0.1) is 5.92 Å². The summed E-state index contributed by atoms with van der Waals surface area (Å²) >= 11 is 0. The highest BCUT2D eigenvalue weighted by atomic mass is 16.7. The number of hydrogen-bond donors (Lipinski definition) is 0. The summed E-state index contributed by atoms with van der Waals surface area (Å²) in [4.78, 5) is 5.14. The molecule has 0 rings (SSSR count). The number of hydroxylamine groups is 2. The van der Waals surface area contributed by atoms with E-state index in [1.165, 1.54) is 0 Å². The monoisotopic (exact) mass is 117 g/mol. The Morgan fingerprint density at radius 2 is 1.88 bits per heavy atom. The summed E-state index contributed by atoms with van der Waals surface area (Å²) in [6.45, 7) is 5.07. The molecule has 0 saturated carbocycles. The zero-order valence-electron chi connectivity index (χ0n) is 6.14. The molecule has 0 aromatic carbocycles. The third kappa shape index (κ3) is 5.92. The first kappa shape index (κ1) is 7.92. The fraction of sp³-hybridized carbons (Fsp3) is 1.00. The first-order valence-corrected chi connectivity index (χ1v) is 2.93. The zero-order chi connectivity index (χ0) is 6.57. The van der Waals surface area contributed by atoms with Gasteiger partial charge in [0.15, 0.2) is 0 Å². The van der Waals surface area contributed by atoms with Crippen LogP contribution in [0.1, 0.15) is 13.8 Å². The van der Waals surface area contributed by atoms with E-state index < -0.39 is 0 Å². The molecule has 0 aromatic heterocycles. The molecule has 0 aliphatic rings. The second kappa shape index (κ2) is 3.87. The summed E-state index contributed by atoms with van der Waals surface area (Å²) < 4.78 is 0. The SMILES string of the molecule is CC(C)CON(C)C. The summed E-state index contributed by atoms with van der Waals surface area (Å²) in [7, 11) is 3.78. The Morgan fingerprint density at radius 1 is 1.38 bits per heavy atom. The fourth-order valence-corrected chi connectivity index (χ4v) is 0.298. The molecule has 2 heteroatoms. The molecule has 0 radical (unpaired) electrons. The minimum Gasteiger partial charge on any atom is -0.299 e. The molecule has 0 fully saturated rings. The van der Waals surface area contributed by atoms with E-state index in [0.29, 0.717) is 5.92 Å². The first-order valence-electron chi connectivity index (χ1n) is 2.93. The molecular weight excluding hydrogens is 102 g/mol. The van der Waals surface area contributed by atoms with Crippen LogP contribution in [-0.2, 0) is 4.84 Å². The molecule has 0 saturated heterocycles. The Morgan fingerprint density at radius 3 is 2.00 bits per heavy atom. The van der Waals surface area contributed by atoms with Crippen molar-refractivity contribution in [1.29, 1.82) is 0 Å². The molecule has 0 heterocycles. The van der Waals surface area contributed by atoms with Crippen molar-refractivity contribution in [2.45, 2.75) is 13.8 Å². The van der Waals surface area contributed by atoms with Crippen LogP contribution in [0.15, 0.2) is 0 Å². The van der Waals surface area contributed by atoms with Gasteiger partial charge in [-0.3, -0.25) is 4.84 Å². The Hall–Kier alpha value is -0.0800. The average molecular weight is 117 g/mol. The predicted molar refractivity (Wildman–Crippen MR) is 34.5 cm³/mol. The van der Waals surface area contributed by atoms with E-state index in [9.17, 15) is 0 Å². The fourth-order valence-electron chi connectivity index (χ4n) is 0.298. The van der Waals surface area contributed by atoms with E-state index in [4.69, 9.17) is 4.84 Å². The molecule has 8 heavy (non-hydrogen) atoms.